The topological polar surface area (TPSA) is 195 Å². The number of pyridine rings is 2. The maximum absolute atomic E-state index is 12.9. The van der Waals surface area contributed by atoms with E-state index < -0.39 is 35.3 Å². The third kappa shape index (κ3) is 6.13. The molecule has 0 saturated carbocycles. The Balaban J connectivity index is 0.000000367. The van der Waals surface area contributed by atoms with Crippen molar-refractivity contribution in [1.29, 1.82) is 0 Å². The molecule has 41 heavy (non-hydrogen) atoms. The van der Waals surface area contributed by atoms with E-state index in [-0.39, 0.29) is 24.0 Å². The number of methoxy groups -OCH3 is 1. The van der Waals surface area contributed by atoms with Crippen LogP contribution in [-0.2, 0) is 21.4 Å². The fourth-order valence-electron chi connectivity index (χ4n) is 4.15. The molecule has 0 spiro atoms. The molecule has 3 aromatic rings. The molecule has 15 nitrogen and oxygen atoms in total. The van der Waals surface area contributed by atoms with E-state index in [0.717, 1.165) is 0 Å². The zero-order valence-electron chi connectivity index (χ0n) is 22.8. The molecule has 0 radical (unpaired) electrons. The summed E-state index contributed by atoms with van der Waals surface area (Å²) in [7, 11) is 2.93. The van der Waals surface area contributed by atoms with Crippen LogP contribution in [0.4, 0.5) is 22.1 Å². The Morgan fingerprint density at radius 3 is 2.41 bits per heavy atom. The molecular weight excluding hydrogens is 534 g/mol. The normalized spacial score (nSPS) is 17.1. The number of nitrogens with one attached hydrogen (secondary N) is 2. The zero-order chi connectivity index (χ0) is 29.9. The zero-order valence-corrected chi connectivity index (χ0v) is 22.8. The number of ether oxygens (including phenoxy) is 1. The maximum Gasteiger partial charge on any atom is 0.330 e. The molecule has 0 aliphatic carbocycles. The molecule has 0 aromatic carbocycles. The number of urea groups is 1. The number of hydrogen-bond acceptors (Lipinski definition) is 9. The van der Waals surface area contributed by atoms with Gasteiger partial charge in [0.15, 0.2) is 5.82 Å². The van der Waals surface area contributed by atoms with Crippen LogP contribution < -0.4 is 26.2 Å². The highest BCUT2D eigenvalue weighted by Crippen LogP contribution is 2.37. The predicted molar refractivity (Wildman–Crippen MR) is 146 cm³/mol. The monoisotopic (exact) mass is 563 g/mol. The van der Waals surface area contributed by atoms with Crippen LogP contribution in [0.1, 0.15) is 34.8 Å². The van der Waals surface area contributed by atoms with Gasteiger partial charge in [0.25, 0.3) is 11.8 Å². The van der Waals surface area contributed by atoms with Crippen molar-refractivity contribution in [1.82, 2.24) is 25.1 Å². The lowest BCUT2D eigenvalue weighted by Crippen LogP contribution is -2.59. The number of rotatable bonds is 6. The molecular formula is C26H29N9O6. The minimum Gasteiger partial charge on any atom is -0.467 e. The van der Waals surface area contributed by atoms with Crippen LogP contribution in [0, 0.1) is 5.41 Å². The molecule has 2 fully saturated rings. The Hall–Kier alpha value is -5.34. The van der Waals surface area contributed by atoms with E-state index in [9.17, 15) is 24.0 Å². The smallest absolute Gasteiger partial charge is 0.330 e. The second-order valence-electron chi connectivity index (χ2n) is 9.87. The summed E-state index contributed by atoms with van der Waals surface area (Å²) in [6.07, 6.45) is 3.13. The molecule has 214 valence electrons. The maximum atomic E-state index is 12.9. The second kappa shape index (κ2) is 11.4. The lowest BCUT2D eigenvalue weighted by molar-refractivity contribution is -0.142. The van der Waals surface area contributed by atoms with Crippen LogP contribution in [-0.4, -0.2) is 75.7 Å². The summed E-state index contributed by atoms with van der Waals surface area (Å²) < 4.78 is 6.17. The Kier molecular flexibility index (Phi) is 7.98. The summed E-state index contributed by atoms with van der Waals surface area (Å²) in [6, 6.07) is 8.33. The van der Waals surface area contributed by atoms with Gasteiger partial charge < -0.3 is 21.1 Å². The first kappa shape index (κ1) is 28.7. The summed E-state index contributed by atoms with van der Waals surface area (Å²) in [5.74, 6) is -1.09. The van der Waals surface area contributed by atoms with E-state index in [4.69, 9.17) is 5.73 Å². The highest BCUT2D eigenvalue weighted by atomic mass is 16.5. The molecule has 5 heterocycles. The van der Waals surface area contributed by atoms with Crippen molar-refractivity contribution in [3.8, 4) is 0 Å². The van der Waals surface area contributed by atoms with Gasteiger partial charge in [-0.1, -0.05) is 12.1 Å². The van der Waals surface area contributed by atoms with Crippen molar-refractivity contribution in [2.45, 2.75) is 19.9 Å². The van der Waals surface area contributed by atoms with Crippen LogP contribution in [0.25, 0.3) is 0 Å². The summed E-state index contributed by atoms with van der Waals surface area (Å²) in [5, 5.41) is 9.55. The van der Waals surface area contributed by atoms with Crippen molar-refractivity contribution in [2.75, 3.05) is 35.3 Å². The van der Waals surface area contributed by atoms with Crippen LogP contribution >= 0.6 is 0 Å². The van der Waals surface area contributed by atoms with E-state index in [1.54, 1.807) is 43.6 Å². The van der Waals surface area contributed by atoms with Crippen molar-refractivity contribution in [3.63, 3.8) is 0 Å². The molecule has 1 atom stereocenters. The van der Waals surface area contributed by atoms with Gasteiger partial charge in [-0.3, -0.25) is 33.8 Å². The largest absolute Gasteiger partial charge is 0.467 e. The molecule has 2 saturated heterocycles. The van der Waals surface area contributed by atoms with Crippen molar-refractivity contribution < 1.29 is 28.7 Å². The number of nitrogens with two attached hydrogens (primary N) is 1. The quantitative estimate of drug-likeness (QED) is 0.286. The Labute approximate surface area is 234 Å². The molecule has 5 rings (SSSR count). The number of amides is 5. The minimum atomic E-state index is -0.817. The summed E-state index contributed by atoms with van der Waals surface area (Å²) in [5.41, 5.74) is 5.18. The number of carbonyl (C=O) groups excluding carboxylic acids is 5. The van der Waals surface area contributed by atoms with Gasteiger partial charge in [0.05, 0.1) is 25.3 Å². The number of nitrogens with zero attached hydrogens (tertiary/aromatic N) is 6. The SMILES string of the molecule is COC(=O)[C@@H]1CN(c2cccc(C(=O)Nc3cn(C)nc3N3CC(C)(C)C3=O)n2)C(=O)N1.NC(=O)c1ccccn1. The minimum absolute atomic E-state index is 0.0309. The van der Waals surface area contributed by atoms with E-state index in [0.29, 0.717) is 23.7 Å². The highest BCUT2D eigenvalue weighted by molar-refractivity contribution is 6.09. The van der Waals surface area contributed by atoms with Gasteiger partial charge in [-0.05, 0) is 38.1 Å². The number of esters is 1. The third-order valence-electron chi connectivity index (χ3n) is 6.25. The fraction of sp³-hybridized carbons (Fsp3) is 0.308. The molecule has 15 heteroatoms. The van der Waals surface area contributed by atoms with Gasteiger partial charge >= 0.3 is 12.0 Å². The van der Waals surface area contributed by atoms with Crippen molar-refractivity contribution >= 4 is 47.0 Å². The van der Waals surface area contributed by atoms with E-state index in [1.165, 1.54) is 33.9 Å². The average Bonchev–Trinajstić information content (AvgIpc) is 3.53. The molecule has 0 bridgehead atoms. The fourth-order valence-corrected chi connectivity index (χ4v) is 4.15. The van der Waals surface area contributed by atoms with Gasteiger partial charge in [-0.2, -0.15) is 5.10 Å². The van der Waals surface area contributed by atoms with Gasteiger partial charge in [0.2, 0.25) is 5.91 Å². The van der Waals surface area contributed by atoms with E-state index in [2.05, 4.69) is 30.4 Å². The molecule has 4 N–H and O–H groups in total. The average molecular weight is 564 g/mol. The third-order valence-corrected chi connectivity index (χ3v) is 6.25. The Morgan fingerprint density at radius 2 is 1.83 bits per heavy atom. The number of carbonyl (C=O) groups is 5. The van der Waals surface area contributed by atoms with E-state index >= 15 is 0 Å². The van der Waals surface area contributed by atoms with Crippen molar-refractivity contribution in [2.24, 2.45) is 18.2 Å². The first-order valence-electron chi connectivity index (χ1n) is 12.4. The number of aryl methyl sites for hydroxylation is 1. The van der Waals surface area contributed by atoms with Crippen LogP contribution in [0.2, 0.25) is 0 Å². The van der Waals surface area contributed by atoms with Crippen LogP contribution in [0.5, 0.6) is 0 Å². The number of anilines is 3. The highest BCUT2D eigenvalue weighted by Gasteiger charge is 2.47. The number of hydrogen-bond donors (Lipinski definition) is 3. The van der Waals surface area contributed by atoms with Crippen LogP contribution in [0.3, 0.4) is 0 Å². The molecule has 2 aliphatic heterocycles. The molecule has 2 aliphatic rings. The summed E-state index contributed by atoms with van der Waals surface area (Å²) in [6.45, 7) is 4.22. The lowest BCUT2D eigenvalue weighted by Gasteiger charge is -2.43. The number of aromatic nitrogens is 4. The number of primary amides is 1. The summed E-state index contributed by atoms with van der Waals surface area (Å²) in [4.78, 5) is 70.3. The van der Waals surface area contributed by atoms with E-state index in [1.807, 2.05) is 13.8 Å². The van der Waals surface area contributed by atoms with Gasteiger partial charge in [-0.15, -0.1) is 0 Å². The molecule has 0 unspecified atom stereocenters. The number of β-lactam (4-membered cyclic amide) rings is 1. The summed E-state index contributed by atoms with van der Waals surface area (Å²) >= 11 is 0. The Bertz CT molecular complexity index is 1500. The van der Waals surface area contributed by atoms with Gasteiger partial charge in [-0.25, -0.2) is 14.6 Å². The van der Waals surface area contributed by atoms with Crippen LogP contribution in [0.15, 0.2) is 48.8 Å². The Morgan fingerprint density at radius 1 is 1.10 bits per heavy atom. The lowest BCUT2D eigenvalue weighted by atomic mass is 9.83. The first-order valence-corrected chi connectivity index (χ1v) is 12.4. The predicted octanol–water partition coefficient (Wildman–Crippen LogP) is 0.692. The first-order chi connectivity index (χ1) is 19.4. The molecule has 5 amide bonds. The van der Waals surface area contributed by atoms with Gasteiger partial charge in [0, 0.05) is 19.8 Å². The standard InChI is InChI=1S/C20H23N7O5.C6H6N2O/c1-20(2)10-27(18(20)30)15-12(8-25(3)24-15)22-16(28)11-6-5-7-14(21-11)26-9-13(17(29)32-4)23-19(26)31;7-6(9)5-3-1-2-4-8-5/h5-8,13H,9-10H2,1-4H3,(H,22,28)(H,23,31);1-4H,(H2,7,9)/t13-;/m0./s1. The van der Waals surface area contributed by atoms with Crippen molar-refractivity contribution in [3.05, 3.63) is 60.2 Å². The second-order valence-corrected chi connectivity index (χ2v) is 9.87. The molecule has 3 aromatic heterocycles. The van der Waals surface area contributed by atoms with Gasteiger partial charge in [0.1, 0.15) is 28.9 Å².